The molecule has 0 aromatic heterocycles. The number of carbonyl (C=O) groups is 1. The number of piperidine rings is 1. The van der Waals surface area contributed by atoms with Gasteiger partial charge < -0.3 is 10.6 Å². The molecule has 0 aromatic carbocycles. The van der Waals surface area contributed by atoms with Crippen molar-refractivity contribution in [2.75, 3.05) is 13.6 Å². The highest BCUT2D eigenvalue weighted by molar-refractivity contribution is 5.78. The van der Waals surface area contributed by atoms with Crippen molar-refractivity contribution < 1.29 is 4.79 Å². The fourth-order valence-corrected chi connectivity index (χ4v) is 4.44. The molecule has 0 radical (unpaired) electrons. The summed E-state index contributed by atoms with van der Waals surface area (Å²) >= 11 is 0. The van der Waals surface area contributed by atoms with E-state index in [1.54, 1.807) is 0 Å². The van der Waals surface area contributed by atoms with Gasteiger partial charge in [-0.2, -0.15) is 0 Å². The Kier molecular flexibility index (Phi) is 5.17. The lowest BCUT2D eigenvalue weighted by atomic mass is 9.98. The number of rotatable bonds is 4. The average molecular weight is 293 g/mol. The van der Waals surface area contributed by atoms with Gasteiger partial charge in [-0.15, -0.1) is 0 Å². The molecule has 1 aliphatic carbocycles. The topological polar surface area (TPSA) is 44.4 Å². The first kappa shape index (κ1) is 15.3. The lowest BCUT2D eigenvalue weighted by molar-refractivity contribution is -0.123. The number of hydrogen-bond donors (Lipinski definition) is 2. The Hall–Kier alpha value is -0.610. The summed E-state index contributed by atoms with van der Waals surface area (Å²) in [6.07, 6.45) is 12.6. The van der Waals surface area contributed by atoms with Crippen LogP contribution in [0.3, 0.4) is 0 Å². The summed E-state index contributed by atoms with van der Waals surface area (Å²) in [4.78, 5) is 14.6. The Morgan fingerprint density at radius 1 is 1.05 bits per heavy atom. The van der Waals surface area contributed by atoms with Crippen molar-refractivity contribution in [3.05, 3.63) is 0 Å². The van der Waals surface area contributed by atoms with E-state index in [9.17, 15) is 4.79 Å². The first-order valence-corrected chi connectivity index (χ1v) is 8.96. The van der Waals surface area contributed by atoms with E-state index in [-0.39, 0.29) is 5.91 Å². The summed E-state index contributed by atoms with van der Waals surface area (Å²) in [5.74, 6) is 0.232. The van der Waals surface area contributed by atoms with Crippen molar-refractivity contribution in [2.24, 2.45) is 0 Å². The third-order valence-corrected chi connectivity index (χ3v) is 5.68. The summed E-state index contributed by atoms with van der Waals surface area (Å²) in [6.45, 7) is 0.570. The van der Waals surface area contributed by atoms with Crippen LogP contribution in [-0.2, 0) is 4.79 Å². The zero-order valence-corrected chi connectivity index (χ0v) is 13.4. The van der Waals surface area contributed by atoms with Crippen LogP contribution in [-0.4, -0.2) is 48.6 Å². The maximum absolute atomic E-state index is 12.3. The van der Waals surface area contributed by atoms with E-state index >= 15 is 0 Å². The van der Waals surface area contributed by atoms with Crippen LogP contribution in [0.15, 0.2) is 0 Å². The van der Waals surface area contributed by atoms with E-state index in [1.807, 2.05) is 0 Å². The fourth-order valence-electron chi connectivity index (χ4n) is 4.44. The highest BCUT2D eigenvalue weighted by atomic mass is 16.2. The van der Waals surface area contributed by atoms with Crippen LogP contribution in [0.2, 0.25) is 0 Å². The number of likely N-dealkylation sites (N-methyl/N-ethyl adjacent to an activating group) is 1. The van der Waals surface area contributed by atoms with Gasteiger partial charge >= 0.3 is 0 Å². The molecular formula is C17H31N3O. The third-order valence-electron chi connectivity index (χ3n) is 5.68. The lowest BCUT2D eigenvalue weighted by Gasteiger charge is -2.35. The predicted molar refractivity (Wildman–Crippen MR) is 85.2 cm³/mol. The van der Waals surface area contributed by atoms with E-state index in [0.717, 1.165) is 0 Å². The minimum atomic E-state index is 0.232. The van der Waals surface area contributed by atoms with E-state index in [1.165, 1.54) is 64.2 Å². The standard InChI is InChI=1S/C17H31N3O/c1-20(16-10-14-8-9-15(11-16)18-14)12-17(21)19-13-6-4-2-3-5-7-13/h13-16,18H,2-12H2,1H3,(H,19,21). The van der Waals surface area contributed by atoms with Gasteiger partial charge in [0.2, 0.25) is 5.91 Å². The maximum Gasteiger partial charge on any atom is 0.234 e. The van der Waals surface area contributed by atoms with Gasteiger partial charge in [-0.05, 0) is 45.6 Å². The van der Waals surface area contributed by atoms with E-state index in [2.05, 4.69) is 22.6 Å². The van der Waals surface area contributed by atoms with Crippen LogP contribution < -0.4 is 10.6 Å². The molecule has 2 aliphatic heterocycles. The lowest BCUT2D eigenvalue weighted by Crippen LogP contribution is -2.50. The van der Waals surface area contributed by atoms with E-state index in [4.69, 9.17) is 0 Å². The van der Waals surface area contributed by atoms with Gasteiger partial charge in [0.25, 0.3) is 0 Å². The Morgan fingerprint density at radius 3 is 2.29 bits per heavy atom. The van der Waals surface area contributed by atoms with Crippen molar-refractivity contribution in [3.63, 3.8) is 0 Å². The molecule has 2 bridgehead atoms. The van der Waals surface area contributed by atoms with Gasteiger partial charge in [-0.25, -0.2) is 0 Å². The number of hydrogen-bond acceptors (Lipinski definition) is 3. The normalized spacial score (nSPS) is 33.9. The zero-order chi connectivity index (χ0) is 14.7. The first-order chi connectivity index (χ1) is 10.2. The smallest absolute Gasteiger partial charge is 0.234 e. The number of carbonyl (C=O) groups excluding carboxylic acids is 1. The molecule has 4 heteroatoms. The van der Waals surface area contributed by atoms with Crippen LogP contribution in [0.5, 0.6) is 0 Å². The summed E-state index contributed by atoms with van der Waals surface area (Å²) in [5, 5.41) is 6.94. The van der Waals surface area contributed by atoms with Gasteiger partial charge in [0.1, 0.15) is 0 Å². The Balaban J connectivity index is 1.43. The van der Waals surface area contributed by atoms with Gasteiger partial charge in [0.15, 0.2) is 0 Å². The van der Waals surface area contributed by atoms with Crippen LogP contribution in [0.25, 0.3) is 0 Å². The highest BCUT2D eigenvalue weighted by Crippen LogP contribution is 2.29. The second-order valence-electron chi connectivity index (χ2n) is 7.43. The first-order valence-electron chi connectivity index (χ1n) is 8.96. The monoisotopic (exact) mass is 293 g/mol. The maximum atomic E-state index is 12.3. The predicted octanol–water partition coefficient (Wildman–Crippen LogP) is 2.04. The molecule has 21 heavy (non-hydrogen) atoms. The second-order valence-corrected chi connectivity index (χ2v) is 7.43. The number of nitrogens with one attached hydrogen (secondary N) is 2. The molecule has 3 fully saturated rings. The van der Waals surface area contributed by atoms with Gasteiger partial charge in [-0.3, -0.25) is 9.69 Å². The molecule has 2 saturated heterocycles. The van der Waals surface area contributed by atoms with Gasteiger partial charge in [0, 0.05) is 24.2 Å². The molecule has 0 spiro atoms. The molecule has 3 rings (SSSR count). The number of amides is 1. The fraction of sp³-hybridized carbons (Fsp3) is 0.941. The Labute approximate surface area is 129 Å². The van der Waals surface area contributed by atoms with Crippen molar-refractivity contribution in [1.29, 1.82) is 0 Å². The summed E-state index contributed by atoms with van der Waals surface area (Å²) in [5.41, 5.74) is 0. The largest absolute Gasteiger partial charge is 0.352 e. The molecule has 2 heterocycles. The average Bonchev–Trinajstić information content (AvgIpc) is 2.67. The summed E-state index contributed by atoms with van der Waals surface area (Å²) in [6, 6.07) is 2.41. The molecule has 1 saturated carbocycles. The third kappa shape index (κ3) is 4.19. The molecule has 0 aromatic rings. The minimum absolute atomic E-state index is 0.232. The van der Waals surface area contributed by atoms with Crippen LogP contribution in [0, 0.1) is 0 Å². The van der Waals surface area contributed by atoms with Crippen molar-refractivity contribution in [1.82, 2.24) is 15.5 Å². The van der Waals surface area contributed by atoms with Crippen LogP contribution in [0.1, 0.15) is 64.2 Å². The highest BCUT2D eigenvalue weighted by Gasteiger charge is 2.35. The summed E-state index contributed by atoms with van der Waals surface area (Å²) in [7, 11) is 2.13. The summed E-state index contributed by atoms with van der Waals surface area (Å²) < 4.78 is 0. The Bertz CT molecular complexity index is 340. The molecule has 3 aliphatic rings. The van der Waals surface area contributed by atoms with Crippen LogP contribution >= 0.6 is 0 Å². The van der Waals surface area contributed by atoms with Crippen LogP contribution in [0.4, 0.5) is 0 Å². The molecule has 4 nitrogen and oxygen atoms in total. The van der Waals surface area contributed by atoms with Gasteiger partial charge in [-0.1, -0.05) is 25.7 Å². The molecule has 1 amide bonds. The van der Waals surface area contributed by atoms with Crippen molar-refractivity contribution in [3.8, 4) is 0 Å². The zero-order valence-electron chi connectivity index (χ0n) is 13.4. The second kappa shape index (κ2) is 7.10. The number of fused-ring (bicyclic) bond motifs is 2. The minimum Gasteiger partial charge on any atom is -0.352 e. The SMILES string of the molecule is CN(CC(=O)NC1CCCCCC1)C1CC2CCC(C1)N2. The van der Waals surface area contributed by atoms with Gasteiger partial charge in [0.05, 0.1) is 6.54 Å². The molecular weight excluding hydrogens is 262 g/mol. The quantitative estimate of drug-likeness (QED) is 0.780. The van der Waals surface area contributed by atoms with E-state index < -0.39 is 0 Å². The van der Waals surface area contributed by atoms with E-state index in [0.29, 0.717) is 30.7 Å². The van der Waals surface area contributed by atoms with Crippen molar-refractivity contribution in [2.45, 2.75) is 88.4 Å². The number of nitrogens with zero attached hydrogens (tertiary/aromatic N) is 1. The molecule has 120 valence electrons. The van der Waals surface area contributed by atoms with Crippen molar-refractivity contribution >= 4 is 5.91 Å². The molecule has 2 unspecified atom stereocenters. The molecule has 2 N–H and O–H groups in total. The molecule has 2 atom stereocenters. The Morgan fingerprint density at radius 2 is 1.67 bits per heavy atom.